The van der Waals surface area contributed by atoms with Crippen molar-refractivity contribution in [2.75, 3.05) is 0 Å². The number of aryl methyl sites for hydroxylation is 7. The standard InChI is InChI=1S/C65H49N4.Ir/c1-44-30-33-67-63(36-44)55-20-12-47(13-21-55)8-10-50-39-51(11-9-48-14-22-56(23-15-48)64-37-45(2)31-34-68-64)41-58(40-50)59-6-4-5-7-60(59)61-29-28-57(65-38-46(3)32-35-69-65)42-62(61)54-26-24-53(25-27-54)52-18-16-49(43-66)17-19-52;/h4-7,12-20,22,24-27,29-42H,8-11H2,1-3H3;/q-3;+3. The fraction of sp³-hybridized carbons (Fsp3) is 0.108. The van der Waals surface area contributed by atoms with Crippen LogP contribution in [0, 0.1) is 50.3 Å². The summed E-state index contributed by atoms with van der Waals surface area (Å²) in [6, 6.07) is 75.1. The quantitative estimate of drug-likeness (QED) is 0.108. The minimum Gasteiger partial charge on any atom is -0.305 e. The molecule has 3 heterocycles. The van der Waals surface area contributed by atoms with Gasteiger partial charge in [0.25, 0.3) is 0 Å². The Kier molecular flexibility index (Phi) is 14.6. The SMILES string of the molecule is Cc1ccnc(-c2[c-]cc(CCc3cc(CCc4c[c-]c(-c5cc(C)ccn5)cc4)cc(-c4ccccc4-c4c[c-]c(-c5cc(C)ccn5)cc4-c4ccc(-c5ccc(C#N)cc5)cc4)c3)cc2)c1.[Ir+3]. The fourth-order valence-electron chi connectivity index (χ4n) is 9.03. The second-order valence-electron chi connectivity index (χ2n) is 17.9. The van der Waals surface area contributed by atoms with E-state index in [0.717, 1.165) is 104 Å². The Morgan fingerprint density at radius 1 is 0.386 bits per heavy atom. The van der Waals surface area contributed by atoms with Crippen molar-refractivity contribution >= 4 is 0 Å². The van der Waals surface area contributed by atoms with E-state index < -0.39 is 0 Å². The fourth-order valence-corrected chi connectivity index (χ4v) is 9.03. The molecular formula is C65H49IrN4. The molecule has 10 rings (SSSR count). The van der Waals surface area contributed by atoms with E-state index in [1.54, 1.807) is 0 Å². The Labute approximate surface area is 425 Å². The maximum absolute atomic E-state index is 9.38. The van der Waals surface area contributed by atoms with Gasteiger partial charge in [-0.25, -0.2) is 0 Å². The molecule has 3 aromatic heterocycles. The van der Waals surface area contributed by atoms with Crippen LogP contribution in [0.1, 0.15) is 44.5 Å². The second-order valence-corrected chi connectivity index (χ2v) is 17.9. The molecule has 0 bridgehead atoms. The van der Waals surface area contributed by atoms with Gasteiger partial charge in [0, 0.05) is 18.6 Å². The first-order valence-electron chi connectivity index (χ1n) is 23.5. The third-order valence-electron chi connectivity index (χ3n) is 12.8. The van der Waals surface area contributed by atoms with E-state index in [9.17, 15) is 5.26 Å². The van der Waals surface area contributed by atoms with Gasteiger partial charge in [-0.1, -0.05) is 143 Å². The van der Waals surface area contributed by atoms with Crippen molar-refractivity contribution in [3.05, 3.63) is 257 Å². The summed E-state index contributed by atoms with van der Waals surface area (Å²) in [5.74, 6) is 0. The molecule has 4 nitrogen and oxygen atoms in total. The monoisotopic (exact) mass is 1080 g/mol. The molecule has 5 heteroatoms. The number of pyridine rings is 3. The van der Waals surface area contributed by atoms with Gasteiger partial charge in [0.2, 0.25) is 0 Å². The topological polar surface area (TPSA) is 62.5 Å². The molecule has 338 valence electrons. The van der Waals surface area contributed by atoms with Gasteiger partial charge in [-0.05, 0) is 120 Å². The van der Waals surface area contributed by atoms with Crippen LogP contribution in [0.4, 0.5) is 0 Å². The van der Waals surface area contributed by atoms with E-state index in [-0.39, 0.29) is 20.1 Å². The number of aromatic nitrogens is 3. The van der Waals surface area contributed by atoms with Crippen LogP contribution in [0.25, 0.3) is 78.3 Å². The van der Waals surface area contributed by atoms with Crippen molar-refractivity contribution < 1.29 is 20.1 Å². The molecule has 0 aliphatic carbocycles. The van der Waals surface area contributed by atoms with Crippen LogP contribution in [0.3, 0.4) is 0 Å². The minimum atomic E-state index is 0. The first-order chi connectivity index (χ1) is 33.8. The molecule has 0 saturated carbocycles. The van der Waals surface area contributed by atoms with Crippen LogP contribution < -0.4 is 0 Å². The normalized spacial score (nSPS) is 10.9. The summed E-state index contributed by atoms with van der Waals surface area (Å²) < 4.78 is 0. The maximum atomic E-state index is 9.38. The predicted molar refractivity (Wildman–Crippen MR) is 281 cm³/mol. The van der Waals surface area contributed by atoms with Crippen LogP contribution in [-0.4, -0.2) is 15.0 Å². The van der Waals surface area contributed by atoms with Gasteiger partial charge in [-0.15, -0.1) is 94.5 Å². The number of nitriles is 1. The minimum absolute atomic E-state index is 0. The Bertz CT molecular complexity index is 3350. The van der Waals surface area contributed by atoms with E-state index >= 15 is 0 Å². The van der Waals surface area contributed by atoms with Gasteiger partial charge < -0.3 is 15.0 Å². The molecule has 0 radical (unpaired) electrons. The Morgan fingerprint density at radius 2 is 0.843 bits per heavy atom. The van der Waals surface area contributed by atoms with E-state index in [1.165, 1.54) is 38.9 Å². The van der Waals surface area contributed by atoms with Crippen molar-refractivity contribution in [1.29, 1.82) is 5.26 Å². The zero-order valence-corrected chi connectivity index (χ0v) is 41.8. The van der Waals surface area contributed by atoms with Crippen molar-refractivity contribution in [2.45, 2.75) is 46.5 Å². The Balaban J connectivity index is 0.00000608. The number of hydrogen-bond donors (Lipinski definition) is 0. The summed E-state index contributed by atoms with van der Waals surface area (Å²) in [4.78, 5) is 13.9. The summed E-state index contributed by atoms with van der Waals surface area (Å²) in [6.07, 6.45) is 9.13. The summed E-state index contributed by atoms with van der Waals surface area (Å²) in [5, 5.41) is 9.38. The van der Waals surface area contributed by atoms with Gasteiger partial charge >= 0.3 is 20.1 Å². The molecule has 0 aliphatic heterocycles. The van der Waals surface area contributed by atoms with Gasteiger partial charge in [0.05, 0.1) is 11.6 Å². The molecule has 0 saturated heterocycles. The van der Waals surface area contributed by atoms with Gasteiger partial charge in [0.1, 0.15) is 0 Å². The zero-order valence-electron chi connectivity index (χ0n) is 39.4. The third kappa shape index (κ3) is 11.0. The Morgan fingerprint density at radius 3 is 1.33 bits per heavy atom. The molecule has 0 atom stereocenters. The predicted octanol–water partition coefficient (Wildman–Crippen LogP) is 15.3. The van der Waals surface area contributed by atoms with Crippen molar-refractivity contribution in [1.82, 2.24) is 15.0 Å². The zero-order chi connectivity index (χ0) is 47.1. The number of hydrogen-bond acceptors (Lipinski definition) is 4. The molecule has 0 unspecified atom stereocenters. The maximum Gasteiger partial charge on any atom is 3.00 e. The molecule has 0 spiro atoms. The van der Waals surface area contributed by atoms with Crippen LogP contribution in [-0.2, 0) is 45.8 Å². The Hall–Kier alpha value is -7.87. The molecule has 0 N–H and O–H groups in total. The summed E-state index contributed by atoms with van der Waals surface area (Å²) in [5.41, 5.74) is 23.9. The molecule has 7 aromatic carbocycles. The molecule has 0 amide bonds. The summed E-state index contributed by atoms with van der Waals surface area (Å²) in [7, 11) is 0. The van der Waals surface area contributed by atoms with Crippen molar-refractivity contribution in [3.63, 3.8) is 0 Å². The van der Waals surface area contributed by atoms with Crippen LogP contribution in [0.2, 0.25) is 0 Å². The van der Waals surface area contributed by atoms with Crippen LogP contribution >= 0.6 is 0 Å². The number of nitrogens with zero attached hydrogens (tertiary/aromatic N) is 4. The van der Waals surface area contributed by atoms with Gasteiger partial charge in [-0.2, -0.15) is 5.26 Å². The molecular weight excluding hydrogens is 1030 g/mol. The first-order valence-corrected chi connectivity index (χ1v) is 23.5. The number of rotatable bonds is 13. The molecule has 10 aromatic rings. The van der Waals surface area contributed by atoms with E-state index in [4.69, 9.17) is 4.98 Å². The van der Waals surface area contributed by atoms with Crippen molar-refractivity contribution in [2.24, 2.45) is 0 Å². The van der Waals surface area contributed by atoms with E-state index in [0.29, 0.717) is 5.56 Å². The van der Waals surface area contributed by atoms with E-state index in [1.807, 2.05) is 61.1 Å². The van der Waals surface area contributed by atoms with Gasteiger partial charge in [0.15, 0.2) is 0 Å². The second kappa shape index (κ2) is 21.6. The first kappa shape index (κ1) is 47.2. The third-order valence-corrected chi connectivity index (χ3v) is 12.8. The van der Waals surface area contributed by atoms with Crippen LogP contribution in [0.15, 0.2) is 195 Å². The molecule has 0 aliphatic rings. The smallest absolute Gasteiger partial charge is 0.305 e. The number of benzene rings is 7. The van der Waals surface area contributed by atoms with Crippen molar-refractivity contribution in [3.8, 4) is 84.3 Å². The largest absolute Gasteiger partial charge is 3.00 e. The molecule has 70 heavy (non-hydrogen) atoms. The average molecular weight is 1080 g/mol. The van der Waals surface area contributed by atoms with E-state index in [2.05, 4.69) is 188 Å². The summed E-state index contributed by atoms with van der Waals surface area (Å²) in [6.45, 7) is 6.28. The van der Waals surface area contributed by atoms with Crippen LogP contribution in [0.5, 0.6) is 0 Å². The molecule has 0 fully saturated rings. The van der Waals surface area contributed by atoms with Gasteiger partial charge in [-0.3, -0.25) is 0 Å². The summed E-state index contributed by atoms with van der Waals surface area (Å²) >= 11 is 0. The average Bonchev–Trinajstić information content (AvgIpc) is 3.40.